The van der Waals surface area contributed by atoms with E-state index in [0.29, 0.717) is 11.8 Å². The number of hydrogen-bond donors (Lipinski definition) is 5. The molecule has 0 aliphatic heterocycles. The Morgan fingerprint density at radius 1 is 1.10 bits per heavy atom. The molecule has 0 bridgehead atoms. The molecule has 0 aliphatic carbocycles. The van der Waals surface area contributed by atoms with Crippen molar-refractivity contribution < 1.29 is 41.4 Å². The summed E-state index contributed by atoms with van der Waals surface area (Å²) in [4.78, 5) is 39.9. The summed E-state index contributed by atoms with van der Waals surface area (Å²) in [7, 11) is -2.00. The summed E-state index contributed by atoms with van der Waals surface area (Å²) >= 11 is 0. The number of methoxy groups -OCH3 is 1. The van der Waals surface area contributed by atoms with Gasteiger partial charge < -0.3 is 30.5 Å². The molecule has 5 N–H and O–H groups in total. The molecule has 0 unspecified atom stereocenters. The molecule has 1 amide bonds. The highest BCUT2D eigenvalue weighted by atomic mass is 31.2. The Balaban J connectivity index is 2.08. The maximum Gasteiger partial charge on any atom is 0.421 e. The van der Waals surface area contributed by atoms with E-state index in [2.05, 4.69) is 25.9 Å². The molecular formula is C25H28F4N5O5P. The number of nitrogens with zero attached hydrogens (tertiary/aromatic N) is 2. The van der Waals surface area contributed by atoms with Gasteiger partial charge in [-0.05, 0) is 42.7 Å². The summed E-state index contributed by atoms with van der Waals surface area (Å²) in [5.41, 5.74) is -1.59. The lowest BCUT2D eigenvalue weighted by Crippen LogP contribution is -2.24. The zero-order valence-corrected chi connectivity index (χ0v) is 22.8. The highest BCUT2D eigenvalue weighted by molar-refractivity contribution is 7.53. The van der Waals surface area contributed by atoms with Crippen LogP contribution in [0.25, 0.3) is 0 Å². The Bertz CT molecular complexity index is 1440. The van der Waals surface area contributed by atoms with E-state index in [1.54, 1.807) is 13.8 Å². The smallest absolute Gasteiger partial charge is 0.421 e. The maximum atomic E-state index is 14.6. The van der Waals surface area contributed by atoms with E-state index >= 15 is 0 Å². The second kappa shape index (κ2) is 11.8. The number of anilines is 4. The number of carbonyl (C=O) groups excluding carboxylic acids is 1. The van der Waals surface area contributed by atoms with E-state index in [0.717, 1.165) is 6.07 Å². The number of rotatable bonds is 10. The van der Waals surface area contributed by atoms with Crippen LogP contribution in [0.5, 0.6) is 5.75 Å². The third kappa shape index (κ3) is 6.03. The third-order valence-corrected chi connectivity index (χ3v) is 8.54. The Morgan fingerprint density at radius 3 is 2.33 bits per heavy atom. The Hall–Kier alpha value is -3.74. The summed E-state index contributed by atoms with van der Waals surface area (Å²) in [6.45, 7) is 3.30. The number of hydrogen-bond acceptors (Lipinski definition) is 7. The molecule has 1 aromatic heterocycles. The Morgan fingerprint density at radius 2 is 1.77 bits per heavy atom. The molecule has 0 saturated carbocycles. The third-order valence-electron chi connectivity index (χ3n) is 6.54. The number of amides is 1. The van der Waals surface area contributed by atoms with Gasteiger partial charge in [0.1, 0.15) is 22.9 Å². The van der Waals surface area contributed by atoms with Crippen molar-refractivity contribution in [2.45, 2.75) is 38.0 Å². The molecule has 0 fully saturated rings. The van der Waals surface area contributed by atoms with Crippen LogP contribution >= 0.6 is 7.60 Å². The predicted molar refractivity (Wildman–Crippen MR) is 141 cm³/mol. The van der Waals surface area contributed by atoms with E-state index in [1.165, 1.54) is 44.5 Å². The minimum atomic E-state index is -4.93. The summed E-state index contributed by atoms with van der Waals surface area (Å²) in [6, 6.07) is 7.75. The minimum absolute atomic E-state index is 0.117. The summed E-state index contributed by atoms with van der Waals surface area (Å²) < 4.78 is 73.7. The standard InChI is InChI=1S/C25H28F4N5O5P/c1-5-24(6-2,40(36,37)38)14-10-11-18(19(12-14)39-4)32-23-31-13-16(25(27,28)29)21(34-23)33-20-15(22(35)30-3)8-7-9-17(20)26/h7-13H,5-6H2,1-4H3,(H,30,35)(H2,36,37,38)(H2,31,32,33,34). The summed E-state index contributed by atoms with van der Waals surface area (Å²) in [5.74, 6) is -2.77. The summed E-state index contributed by atoms with van der Waals surface area (Å²) in [6.07, 6.45) is -4.17. The van der Waals surface area contributed by atoms with Crippen LogP contribution in [0.4, 0.5) is 40.7 Å². The van der Waals surface area contributed by atoms with E-state index in [4.69, 9.17) is 4.74 Å². The number of ether oxygens (including phenoxy) is 1. The van der Waals surface area contributed by atoms with Gasteiger partial charge in [-0.1, -0.05) is 26.0 Å². The first-order valence-corrected chi connectivity index (χ1v) is 13.6. The van der Waals surface area contributed by atoms with Crippen LogP contribution in [0.3, 0.4) is 0 Å². The molecule has 10 nitrogen and oxygen atoms in total. The van der Waals surface area contributed by atoms with E-state index in [1.807, 2.05) is 0 Å². The Kier molecular flexibility index (Phi) is 9.07. The van der Waals surface area contributed by atoms with Gasteiger partial charge in [-0.3, -0.25) is 9.36 Å². The molecule has 3 aromatic rings. The Labute approximate surface area is 227 Å². The van der Waals surface area contributed by atoms with Gasteiger partial charge in [-0.2, -0.15) is 18.2 Å². The average molecular weight is 585 g/mol. The highest BCUT2D eigenvalue weighted by Crippen LogP contribution is 2.61. The van der Waals surface area contributed by atoms with Crippen molar-refractivity contribution in [2.24, 2.45) is 0 Å². The van der Waals surface area contributed by atoms with E-state index in [-0.39, 0.29) is 35.8 Å². The molecule has 3 rings (SSSR count). The zero-order valence-electron chi connectivity index (χ0n) is 21.9. The van der Waals surface area contributed by atoms with Crippen molar-refractivity contribution in [1.29, 1.82) is 0 Å². The summed E-state index contributed by atoms with van der Waals surface area (Å²) in [5, 5.41) is 5.83. The maximum absolute atomic E-state index is 14.6. The van der Waals surface area contributed by atoms with Crippen LogP contribution in [-0.4, -0.2) is 39.8 Å². The van der Waals surface area contributed by atoms with Crippen molar-refractivity contribution in [1.82, 2.24) is 15.3 Å². The van der Waals surface area contributed by atoms with Gasteiger partial charge in [0.15, 0.2) is 0 Å². The SMILES string of the molecule is CCC(CC)(c1ccc(Nc2ncc(C(F)(F)F)c(Nc3c(F)cccc3C(=O)NC)n2)c(OC)c1)P(=O)(O)O. The van der Waals surface area contributed by atoms with Crippen LogP contribution in [-0.2, 0) is 15.9 Å². The second-order valence-electron chi connectivity index (χ2n) is 8.64. The number of alkyl halides is 3. The molecule has 1 heterocycles. The van der Waals surface area contributed by atoms with Crippen LogP contribution in [0.15, 0.2) is 42.6 Å². The zero-order chi connectivity index (χ0) is 29.9. The van der Waals surface area contributed by atoms with Gasteiger partial charge in [0.25, 0.3) is 5.91 Å². The van der Waals surface area contributed by atoms with E-state index in [9.17, 15) is 36.7 Å². The first-order valence-electron chi connectivity index (χ1n) is 11.9. The number of aromatic nitrogens is 2. The molecular weight excluding hydrogens is 557 g/mol. The predicted octanol–water partition coefficient (Wildman–Crippen LogP) is 5.68. The van der Waals surface area contributed by atoms with Crippen LogP contribution in [0, 0.1) is 5.82 Å². The molecule has 15 heteroatoms. The molecule has 0 aliphatic rings. The van der Waals surface area contributed by atoms with Crippen LogP contribution in [0.2, 0.25) is 0 Å². The van der Waals surface area contributed by atoms with Crippen molar-refractivity contribution >= 4 is 36.6 Å². The second-order valence-corrected chi connectivity index (χ2v) is 10.6. The fraction of sp³-hybridized carbons (Fsp3) is 0.320. The lowest BCUT2D eigenvalue weighted by atomic mass is 9.92. The van der Waals surface area contributed by atoms with Gasteiger partial charge in [-0.25, -0.2) is 9.37 Å². The lowest BCUT2D eigenvalue weighted by molar-refractivity contribution is -0.137. The van der Waals surface area contributed by atoms with Crippen molar-refractivity contribution in [3.8, 4) is 5.75 Å². The van der Waals surface area contributed by atoms with Gasteiger partial charge in [0, 0.05) is 13.2 Å². The van der Waals surface area contributed by atoms with E-state index < -0.39 is 47.7 Å². The normalized spacial score (nSPS) is 12.2. The average Bonchev–Trinajstić information content (AvgIpc) is 2.89. The number of benzene rings is 2. The van der Waals surface area contributed by atoms with Crippen LogP contribution < -0.4 is 20.7 Å². The number of carbonyl (C=O) groups is 1. The quantitative estimate of drug-likeness (QED) is 0.150. The van der Waals surface area contributed by atoms with Crippen molar-refractivity contribution in [2.75, 3.05) is 24.8 Å². The highest BCUT2D eigenvalue weighted by Gasteiger charge is 2.45. The number of para-hydroxylation sites is 1. The number of halogens is 4. The van der Waals surface area contributed by atoms with Gasteiger partial charge in [0.05, 0.1) is 29.2 Å². The molecule has 0 spiro atoms. The van der Waals surface area contributed by atoms with Crippen molar-refractivity contribution in [3.63, 3.8) is 0 Å². The van der Waals surface area contributed by atoms with Crippen molar-refractivity contribution in [3.05, 3.63) is 65.1 Å². The molecule has 216 valence electrons. The van der Waals surface area contributed by atoms with Gasteiger partial charge in [0.2, 0.25) is 5.95 Å². The molecule has 40 heavy (non-hydrogen) atoms. The first kappa shape index (κ1) is 30.8. The number of nitrogens with one attached hydrogen (secondary N) is 3. The fourth-order valence-corrected chi connectivity index (χ4v) is 5.58. The fourth-order valence-electron chi connectivity index (χ4n) is 4.28. The molecule has 0 atom stereocenters. The van der Waals surface area contributed by atoms with Gasteiger partial charge >= 0.3 is 13.8 Å². The lowest BCUT2D eigenvalue weighted by Gasteiger charge is -2.33. The van der Waals surface area contributed by atoms with Crippen LogP contribution in [0.1, 0.15) is 48.2 Å². The molecule has 0 radical (unpaired) electrons. The largest absolute Gasteiger partial charge is 0.495 e. The monoisotopic (exact) mass is 585 g/mol. The molecule has 2 aromatic carbocycles. The topological polar surface area (TPSA) is 146 Å². The minimum Gasteiger partial charge on any atom is -0.495 e. The van der Waals surface area contributed by atoms with Gasteiger partial charge in [-0.15, -0.1) is 0 Å². The first-order chi connectivity index (χ1) is 18.7. The molecule has 0 saturated heterocycles.